The lowest BCUT2D eigenvalue weighted by Gasteiger charge is -2.11. The van der Waals surface area contributed by atoms with E-state index in [2.05, 4.69) is 6.07 Å². The van der Waals surface area contributed by atoms with Crippen molar-refractivity contribution in [1.82, 2.24) is 0 Å². The van der Waals surface area contributed by atoms with Crippen molar-refractivity contribution in [3.05, 3.63) is 23.8 Å². The summed E-state index contributed by atoms with van der Waals surface area (Å²) in [5.74, 6) is 1.51. The van der Waals surface area contributed by atoms with Crippen LogP contribution in [-0.2, 0) is 0 Å². The van der Waals surface area contributed by atoms with Gasteiger partial charge < -0.3 is 15.6 Å². The second-order valence-corrected chi connectivity index (χ2v) is 4.76. The molecule has 1 atom stereocenters. The van der Waals surface area contributed by atoms with Crippen molar-refractivity contribution < 1.29 is 9.84 Å². The van der Waals surface area contributed by atoms with Gasteiger partial charge in [0, 0.05) is 10.6 Å². The summed E-state index contributed by atoms with van der Waals surface area (Å²) in [5.41, 5.74) is 6.58. The second-order valence-electron chi connectivity index (χ2n) is 3.70. The van der Waals surface area contributed by atoms with Crippen molar-refractivity contribution >= 4 is 11.8 Å². The Bertz CT molecular complexity index is 331. The SMILES string of the molecule is COc1ccc(C)cc1SCC(O)CCN. The van der Waals surface area contributed by atoms with Gasteiger partial charge in [0.1, 0.15) is 5.75 Å². The zero-order chi connectivity index (χ0) is 12.0. The molecule has 1 rings (SSSR count). The Balaban J connectivity index is 2.61. The lowest BCUT2D eigenvalue weighted by molar-refractivity contribution is 0.192. The largest absolute Gasteiger partial charge is 0.496 e. The minimum absolute atomic E-state index is 0.347. The molecule has 0 bridgehead atoms. The fourth-order valence-corrected chi connectivity index (χ4v) is 2.46. The molecule has 0 radical (unpaired) electrons. The highest BCUT2D eigenvalue weighted by atomic mass is 32.2. The molecule has 0 aliphatic carbocycles. The van der Waals surface area contributed by atoms with Crippen LogP contribution in [0.3, 0.4) is 0 Å². The van der Waals surface area contributed by atoms with E-state index in [1.165, 1.54) is 5.56 Å². The second kappa shape index (κ2) is 6.78. The molecule has 0 fully saturated rings. The van der Waals surface area contributed by atoms with Gasteiger partial charge >= 0.3 is 0 Å². The summed E-state index contributed by atoms with van der Waals surface area (Å²) in [7, 11) is 1.66. The molecule has 0 aliphatic heterocycles. The Morgan fingerprint density at radius 3 is 2.88 bits per heavy atom. The Labute approximate surface area is 101 Å². The van der Waals surface area contributed by atoms with Crippen LogP contribution in [0.5, 0.6) is 5.75 Å². The normalized spacial score (nSPS) is 12.5. The Kier molecular flexibility index (Phi) is 5.66. The molecular formula is C12H19NO2S. The smallest absolute Gasteiger partial charge is 0.132 e. The van der Waals surface area contributed by atoms with E-state index < -0.39 is 0 Å². The molecule has 1 aromatic carbocycles. The number of thioether (sulfide) groups is 1. The summed E-state index contributed by atoms with van der Waals surface area (Å²) in [6.45, 7) is 2.56. The third kappa shape index (κ3) is 4.04. The minimum atomic E-state index is -0.347. The molecule has 16 heavy (non-hydrogen) atoms. The van der Waals surface area contributed by atoms with Crippen LogP contribution in [-0.4, -0.2) is 30.6 Å². The van der Waals surface area contributed by atoms with Crippen LogP contribution < -0.4 is 10.5 Å². The molecule has 90 valence electrons. The standard InChI is InChI=1S/C12H19NO2S/c1-9-3-4-11(15-2)12(7-9)16-8-10(14)5-6-13/h3-4,7,10,14H,5-6,8,13H2,1-2H3. The average Bonchev–Trinajstić information content (AvgIpc) is 2.27. The molecule has 0 saturated carbocycles. The molecule has 3 N–H and O–H groups in total. The number of rotatable bonds is 6. The molecule has 0 spiro atoms. The maximum atomic E-state index is 9.60. The monoisotopic (exact) mass is 241 g/mol. The van der Waals surface area contributed by atoms with Gasteiger partial charge in [-0.25, -0.2) is 0 Å². The fraction of sp³-hybridized carbons (Fsp3) is 0.500. The Morgan fingerprint density at radius 2 is 2.25 bits per heavy atom. The van der Waals surface area contributed by atoms with Gasteiger partial charge in [-0.3, -0.25) is 0 Å². The number of methoxy groups -OCH3 is 1. The van der Waals surface area contributed by atoms with Gasteiger partial charge in [0.15, 0.2) is 0 Å². The molecule has 1 unspecified atom stereocenters. The van der Waals surface area contributed by atoms with Gasteiger partial charge in [-0.05, 0) is 37.6 Å². The topological polar surface area (TPSA) is 55.5 Å². The number of ether oxygens (including phenoxy) is 1. The van der Waals surface area contributed by atoms with Gasteiger partial charge in [-0.1, -0.05) is 6.07 Å². The zero-order valence-electron chi connectivity index (χ0n) is 9.77. The van der Waals surface area contributed by atoms with Gasteiger partial charge in [-0.15, -0.1) is 11.8 Å². The van der Waals surface area contributed by atoms with E-state index in [0.29, 0.717) is 18.7 Å². The first-order valence-corrected chi connectivity index (χ1v) is 6.31. The van der Waals surface area contributed by atoms with Crippen molar-refractivity contribution in [2.75, 3.05) is 19.4 Å². The van der Waals surface area contributed by atoms with Crippen LogP contribution >= 0.6 is 11.8 Å². The quantitative estimate of drug-likeness (QED) is 0.746. The van der Waals surface area contributed by atoms with Gasteiger partial charge in [-0.2, -0.15) is 0 Å². The first-order chi connectivity index (χ1) is 7.67. The number of hydrogen-bond acceptors (Lipinski definition) is 4. The summed E-state index contributed by atoms with van der Waals surface area (Å²) < 4.78 is 5.27. The van der Waals surface area contributed by atoms with E-state index >= 15 is 0 Å². The fourth-order valence-electron chi connectivity index (χ4n) is 1.36. The van der Waals surface area contributed by atoms with E-state index in [0.717, 1.165) is 10.6 Å². The van der Waals surface area contributed by atoms with Crippen molar-refractivity contribution in [1.29, 1.82) is 0 Å². The van der Waals surface area contributed by atoms with Crippen LogP contribution in [0.15, 0.2) is 23.1 Å². The van der Waals surface area contributed by atoms with Crippen molar-refractivity contribution in [3.8, 4) is 5.75 Å². The van der Waals surface area contributed by atoms with E-state index in [9.17, 15) is 5.11 Å². The Morgan fingerprint density at radius 1 is 1.50 bits per heavy atom. The number of aliphatic hydroxyl groups excluding tert-OH is 1. The van der Waals surface area contributed by atoms with E-state index in [1.807, 2.05) is 19.1 Å². The number of hydrogen-bond donors (Lipinski definition) is 2. The van der Waals surface area contributed by atoms with Crippen LogP contribution in [0.2, 0.25) is 0 Å². The molecule has 0 aliphatic rings. The third-order valence-electron chi connectivity index (χ3n) is 2.25. The summed E-state index contributed by atoms with van der Waals surface area (Å²) in [4.78, 5) is 1.07. The van der Waals surface area contributed by atoms with Crippen LogP contribution in [0.25, 0.3) is 0 Å². The highest BCUT2D eigenvalue weighted by Gasteiger charge is 2.08. The van der Waals surface area contributed by atoms with E-state index in [-0.39, 0.29) is 6.10 Å². The number of aryl methyl sites for hydroxylation is 1. The summed E-state index contributed by atoms with van der Waals surface area (Å²) in [6, 6.07) is 6.03. The molecule has 0 saturated heterocycles. The van der Waals surface area contributed by atoms with Gasteiger partial charge in [0.25, 0.3) is 0 Å². The van der Waals surface area contributed by atoms with Crippen LogP contribution in [0.1, 0.15) is 12.0 Å². The lowest BCUT2D eigenvalue weighted by atomic mass is 10.2. The molecule has 3 nitrogen and oxygen atoms in total. The highest BCUT2D eigenvalue weighted by Crippen LogP contribution is 2.30. The predicted molar refractivity (Wildman–Crippen MR) is 68.1 cm³/mol. The Hall–Kier alpha value is -0.710. The summed E-state index contributed by atoms with van der Waals surface area (Å²) in [6.07, 6.45) is 0.293. The molecular weight excluding hydrogens is 222 g/mol. The van der Waals surface area contributed by atoms with Crippen LogP contribution in [0, 0.1) is 6.92 Å². The summed E-state index contributed by atoms with van der Waals surface area (Å²) >= 11 is 1.60. The number of aliphatic hydroxyl groups is 1. The first-order valence-electron chi connectivity index (χ1n) is 5.33. The third-order valence-corrected chi connectivity index (χ3v) is 3.43. The molecule has 0 heterocycles. The molecule has 0 amide bonds. The first kappa shape index (κ1) is 13.4. The molecule has 1 aromatic rings. The maximum absolute atomic E-state index is 9.60. The van der Waals surface area contributed by atoms with Gasteiger partial charge in [0.05, 0.1) is 13.2 Å². The van der Waals surface area contributed by atoms with Crippen molar-refractivity contribution in [2.24, 2.45) is 5.73 Å². The maximum Gasteiger partial charge on any atom is 0.132 e. The van der Waals surface area contributed by atoms with E-state index in [1.54, 1.807) is 18.9 Å². The summed E-state index contributed by atoms with van der Waals surface area (Å²) in [5, 5.41) is 9.60. The van der Waals surface area contributed by atoms with Crippen LogP contribution in [0.4, 0.5) is 0 Å². The lowest BCUT2D eigenvalue weighted by Crippen LogP contribution is -2.15. The van der Waals surface area contributed by atoms with E-state index in [4.69, 9.17) is 10.5 Å². The number of benzene rings is 1. The van der Waals surface area contributed by atoms with Crippen molar-refractivity contribution in [2.45, 2.75) is 24.3 Å². The zero-order valence-corrected chi connectivity index (χ0v) is 10.6. The molecule has 0 aromatic heterocycles. The van der Waals surface area contributed by atoms with Gasteiger partial charge in [0.2, 0.25) is 0 Å². The highest BCUT2D eigenvalue weighted by molar-refractivity contribution is 7.99. The molecule has 4 heteroatoms. The average molecular weight is 241 g/mol. The minimum Gasteiger partial charge on any atom is -0.496 e. The number of nitrogens with two attached hydrogens (primary N) is 1. The van der Waals surface area contributed by atoms with Crippen molar-refractivity contribution in [3.63, 3.8) is 0 Å². The predicted octanol–water partition coefficient (Wildman–Crippen LogP) is 1.81.